The molecule has 0 N–H and O–H groups in total. The minimum Gasteiger partial charge on any atom is -0.461 e. The van der Waals surface area contributed by atoms with E-state index >= 15 is 0 Å². The zero-order valence-corrected chi connectivity index (χ0v) is 13.6. The van der Waals surface area contributed by atoms with Crippen molar-refractivity contribution in [1.29, 1.82) is 0 Å². The highest BCUT2D eigenvalue weighted by atomic mass is 19.1. The number of carbonyl (C=O) groups excluding carboxylic acids is 1. The molecule has 0 aliphatic carbocycles. The molecule has 1 fully saturated rings. The van der Waals surface area contributed by atoms with Gasteiger partial charge in [-0.05, 0) is 31.4 Å². The van der Waals surface area contributed by atoms with E-state index in [1.54, 1.807) is 6.92 Å². The molecule has 4 heterocycles. The Labute approximate surface area is 143 Å². The summed E-state index contributed by atoms with van der Waals surface area (Å²) in [5, 5.41) is 0. The Hall–Kier alpha value is -2.41. The maximum atomic E-state index is 14.3. The van der Waals surface area contributed by atoms with Crippen LogP contribution in [0.5, 0.6) is 0 Å². The fraction of sp³-hybridized carbons (Fsp3) is 0.389. The second kappa shape index (κ2) is 6.15. The third kappa shape index (κ3) is 2.78. The van der Waals surface area contributed by atoms with Crippen LogP contribution >= 0.6 is 0 Å². The predicted octanol–water partition coefficient (Wildman–Crippen LogP) is 3.37. The van der Waals surface area contributed by atoms with Crippen LogP contribution in [0.25, 0.3) is 11.3 Å². The summed E-state index contributed by atoms with van der Waals surface area (Å²) in [6.07, 6.45) is 3.05. The monoisotopic (exact) mass is 346 g/mol. The van der Waals surface area contributed by atoms with Crippen molar-refractivity contribution in [3.63, 3.8) is 0 Å². The third-order valence-corrected chi connectivity index (χ3v) is 4.55. The van der Waals surface area contributed by atoms with Crippen molar-refractivity contribution >= 4 is 5.97 Å². The molecule has 1 saturated heterocycles. The van der Waals surface area contributed by atoms with Crippen LogP contribution in [0.15, 0.2) is 18.3 Å². The van der Waals surface area contributed by atoms with E-state index in [2.05, 4.69) is 9.97 Å². The molecule has 0 aromatic carbocycles. The number of pyridine rings is 2. The van der Waals surface area contributed by atoms with Gasteiger partial charge in [0.2, 0.25) is 0 Å². The third-order valence-electron chi connectivity index (χ3n) is 4.55. The molecule has 0 spiro atoms. The van der Waals surface area contributed by atoms with Crippen LogP contribution in [0.2, 0.25) is 0 Å². The summed E-state index contributed by atoms with van der Waals surface area (Å²) in [5.74, 6) is -2.12. The van der Waals surface area contributed by atoms with Gasteiger partial charge in [-0.1, -0.05) is 0 Å². The molecule has 4 rings (SSSR count). The number of carbonyl (C=O) groups is 1. The van der Waals surface area contributed by atoms with Gasteiger partial charge in [0.1, 0.15) is 23.3 Å². The SMILES string of the molecule is CCOC(=O)c1cc(-c2ncc(F)cc2F)c2c(n1)[C@@H]1CCC(C2)O1. The van der Waals surface area contributed by atoms with E-state index in [0.29, 0.717) is 17.7 Å². The first kappa shape index (κ1) is 16.1. The molecule has 1 unspecified atom stereocenters. The summed E-state index contributed by atoms with van der Waals surface area (Å²) in [7, 11) is 0. The lowest BCUT2D eigenvalue weighted by Gasteiger charge is -2.25. The average Bonchev–Trinajstić information content (AvgIpc) is 2.97. The smallest absolute Gasteiger partial charge is 0.356 e. The molecule has 130 valence electrons. The van der Waals surface area contributed by atoms with Gasteiger partial charge in [0, 0.05) is 18.1 Å². The summed E-state index contributed by atoms with van der Waals surface area (Å²) in [6, 6.07) is 2.26. The van der Waals surface area contributed by atoms with E-state index in [4.69, 9.17) is 9.47 Å². The maximum absolute atomic E-state index is 14.3. The van der Waals surface area contributed by atoms with Crippen molar-refractivity contribution in [2.24, 2.45) is 0 Å². The van der Waals surface area contributed by atoms with E-state index in [9.17, 15) is 13.6 Å². The van der Waals surface area contributed by atoms with E-state index in [-0.39, 0.29) is 30.2 Å². The molecule has 0 radical (unpaired) electrons. The summed E-state index contributed by atoms with van der Waals surface area (Å²) < 4.78 is 38.5. The minimum atomic E-state index is -0.776. The number of halogens is 2. The number of fused-ring (bicyclic) bond motifs is 4. The zero-order chi connectivity index (χ0) is 17.6. The number of rotatable bonds is 3. The van der Waals surface area contributed by atoms with E-state index in [1.165, 1.54) is 6.07 Å². The van der Waals surface area contributed by atoms with Crippen molar-refractivity contribution < 1.29 is 23.0 Å². The second-order valence-electron chi connectivity index (χ2n) is 6.15. The van der Waals surface area contributed by atoms with E-state index in [1.807, 2.05) is 0 Å². The van der Waals surface area contributed by atoms with Gasteiger partial charge in [0.15, 0.2) is 5.82 Å². The van der Waals surface area contributed by atoms with Gasteiger partial charge in [-0.2, -0.15) is 0 Å². The first-order valence-electron chi connectivity index (χ1n) is 8.24. The number of esters is 1. The van der Waals surface area contributed by atoms with Crippen LogP contribution in [0.3, 0.4) is 0 Å². The number of aromatic nitrogens is 2. The van der Waals surface area contributed by atoms with Crippen LogP contribution in [0.1, 0.15) is 47.6 Å². The number of ether oxygens (including phenoxy) is 2. The van der Waals surface area contributed by atoms with Crippen molar-refractivity contribution in [2.75, 3.05) is 6.61 Å². The molecule has 2 aromatic heterocycles. The zero-order valence-electron chi connectivity index (χ0n) is 13.6. The van der Waals surface area contributed by atoms with Gasteiger partial charge >= 0.3 is 5.97 Å². The highest BCUT2D eigenvalue weighted by Crippen LogP contribution is 2.43. The van der Waals surface area contributed by atoms with E-state index in [0.717, 1.165) is 30.7 Å². The highest BCUT2D eigenvalue weighted by molar-refractivity contribution is 5.89. The first-order valence-corrected chi connectivity index (χ1v) is 8.24. The second-order valence-corrected chi connectivity index (χ2v) is 6.15. The van der Waals surface area contributed by atoms with Gasteiger partial charge in [0.05, 0.1) is 24.6 Å². The lowest BCUT2D eigenvalue weighted by atomic mass is 9.94. The molecule has 2 atom stereocenters. The number of hydrogen-bond donors (Lipinski definition) is 0. The summed E-state index contributed by atoms with van der Waals surface area (Å²) in [4.78, 5) is 20.5. The summed E-state index contributed by atoms with van der Waals surface area (Å²) in [5.41, 5.74) is 1.97. The Morgan fingerprint density at radius 2 is 2.20 bits per heavy atom. The van der Waals surface area contributed by atoms with Gasteiger partial charge in [0.25, 0.3) is 0 Å². The molecule has 0 saturated carbocycles. The fourth-order valence-electron chi connectivity index (χ4n) is 3.49. The predicted molar refractivity (Wildman–Crippen MR) is 83.9 cm³/mol. The van der Waals surface area contributed by atoms with Gasteiger partial charge in [-0.25, -0.2) is 18.6 Å². The Bertz CT molecular complexity index is 856. The molecule has 7 heteroatoms. The Morgan fingerprint density at radius 3 is 2.96 bits per heavy atom. The van der Waals surface area contributed by atoms with Crippen molar-refractivity contribution in [1.82, 2.24) is 9.97 Å². The fourth-order valence-corrected chi connectivity index (χ4v) is 3.49. The molecule has 2 bridgehead atoms. The normalized spacial score (nSPS) is 21.1. The molecular weight excluding hydrogens is 330 g/mol. The number of hydrogen-bond acceptors (Lipinski definition) is 5. The number of nitrogens with zero attached hydrogens (tertiary/aromatic N) is 2. The molecule has 2 aliphatic heterocycles. The molecule has 25 heavy (non-hydrogen) atoms. The topological polar surface area (TPSA) is 61.3 Å². The van der Waals surface area contributed by atoms with Crippen LogP contribution in [0.4, 0.5) is 8.78 Å². The van der Waals surface area contributed by atoms with Crippen molar-refractivity contribution in [2.45, 2.75) is 38.4 Å². The first-order chi connectivity index (χ1) is 12.1. The lowest BCUT2D eigenvalue weighted by molar-refractivity contribution is 0.0291. The molecule has 2 aromatic rings. The maximum Gasteiger partial charge on any atom is 0.356 e. The Kier molecular flexibility index (Phi) is 3.95. The van der Waals surface area contributed by atoms with Gasteiger partial charge in [-0.15, -0.1) is 0 Å². The molecule has 5 nitrogen and oxygen atoms in total. The van der Waals surface area contributed by atoms with Crippen molar-refractivity contribution in [3.8, 4) is 11.3 Å². The average molecular weight is 346 g/mol. The van der Waals surface area contributed by atoms with E-state index < -0.39 is 17.6 Å². The minimum absolute atomic E-state index is 0.00639. The van der Waals surface area contributed by atoms with Crippen LogP contribution in [-0.2, 0) is 15.9 Å². The Morgan fingerprint density at radius 1 is 1.36 bits per heavy atom. The molecular formula is C18H16F2N2O3. The van der Waals surface area contributed by atoms with Gasteiger partial charge in [-0.3, -0.25) is 4.98 Å². The highest BCUT2D eigenvalue weighted by Gasteiger charge is 2.37. The molecule has 0 amide bonds. The van der Waals surface area contributed by atoms with Crippen LogP contribution in [0, 0.1) is 11.6 Å². The van der Waals surface area contributed by atoms with Gasteiger partial charge < -0.3 is 9.47 Å². The summed E-state index contributed by atoms with van der Waals surface area (Å²) >= 11 is 0. The standard InChI is InChI=1S/C18H16F2N2O3/c1-2-24-18(23)14-7-12(16-13(20)5-9(19)8-21-16)11-6-10-3-4-15(25-10)17(11)22-14/h5,7-8,10,15H,2-4,6H2,1H3/t10?,15-/m0/s1. The summed E-state index contributed by atoms with van der Waals surface area (Å²) in [6.45, 7) is 1.90. The lowest BCUT2D eigenvalue weighted by Crippen LogP contribution is -2.22. The largest absolute Gasteiger partial charge is 0.461 e. The van der Waals surface area contributed by atoms with Crippen molar-refractivity contribution in [3.05, 3.63) is 46.9 Å². The van der Waals surface area contributed by atoms with Crippen LogP contribution in [-0.4, -0.2) is 28.6 Å². The van der Waals surface area contributed by atoms with Crippen LogP contribution < -0.4 is 0 Å². The molecule has 2 aliphatic rings. The quantitative estimate of drug-likeness (QED) is 0.798. The Balaban J connectivity index is 1.91.